The van der Waals surface area contributed by atoms with Gasteiger partial charge in [-0.15, -0.1) is 0 Å². The fourth-order valence-electron chi connectivity index (χ4n) is 1.80. The second-order valence-corrected chi connectivity index (χ2v) is 5.46. The van der Waals surface area contributed by atoms with Gasteiger partial charge in [-0.3, -0.25) is 0 Å². The lowest BCUT2D eigenvalue weighted by Gasteiger charge is -2.31. The molecule has 0 aliphatic heterocycles. The Morgan fingerprint density at radius 1 is 1.32 bits per heavy atom. The maximum Gasteiger partial charge on any atom is 0.437 e. The molecule has 0 aliphatic rings. The lowest BCUT2D eigenvalue weighted by atomic mass is 9.85. The summed E-state index contributed by atoms with van der Waals surface area (Å²) in [5, 5.41) is 3.07. The molecule has 1 heterocycles. The third kappa shape index (κ3) is 3.97. The molecule has 3 N–H and O–H groups in total. The van der Waals surface area contributed by atoms with Crippen molar-refractivity contribution in [3.8, 4) is 0 Å². The number of nitrogens with one attached hydrogen (secondary N) is 1. The van der Waals surface area contributed by atoms with Crippen molar-refractivity contribution in [3.05, 3.63) is 11.9 Å². The first-order valence-electron chi connectivity index (χ1n) is 6.02. The molecule has 0 aromatic carbocycles. The van der Waals surface area contributed by atoms with Crippen molar-refractivity contribution < 1.29 is 13.2 Å². The number of nitrogens with two attached hydrogens (primary N) is 1. The fraction of sp³-hybridized carbons (Fsp3) is 0.667. The summed E-state index contributed by atoms with van der Waals surface area (Å²) in [5.74, 6) is -0.353. The molecule has 0 radical (unpaired) electrons. The molecular formula is C12H19F3N4. The van der Waals surface area contributed by atoms with Crippen LogP contribution in [0.25, 0.3) is 0 Å². The molecule has 19 heavy (non-hydrogen) atoms. The van der Waals surface area contributed by atoms with Gasteiger partial charge in [-0.05, 0) is 11.8 Å². The van der Waals surface area contributed by atoms with Crippen LogP contribution in [0.4, 0.5) is 24.8 Å². The normalized spacial score (nSPS) is 14.3. The molecule has 0 bridgehead atoms. The van der Waals surface area contributed by atoms with E-state index >= 15 is 0 Å². The summed E-state index contributed by atoms with van der Waals surface area (Å²) in [6, 6.07) is 0.0675. The van der Waals surface area contributed by atoms with E-state index in [2.05, 4.69) is 15.3 Å². The van der Waals surface area contributed by atoms with Crippen LogP contribution in [0.3, 0.4) is 0 Å². The molecule has 1 unspecified atom stereocenters. The van der Waals surface area contributed by atoms with Gasteiger partial charge in [0.1, 0.15) is 5.82 Å². The number of nitrogens with zero attached hydrogens (tertiary/aromatic N) is 2. The van der Waals surface area contributed by atoms with Crippen molar-refractivity contribution in [1.82, 2.24) is 9.97 Å². The van der Waals surface area contributed by atoms with Crippen LogP contribution in [0.1, 0.15) is 39.8 Å². The highest BCUT2D eigenvalue weighted by Crippen LogP contribution is 2.32. The van der Waals surface area contributed by atoms with E-state index in [1.165, 1.54) is 0 Å². The van der Waals surface area contributed by atoms with Gasteiger partial charge < -0.3 is 11.1 Å². The van der Waals surface area contributed by atoms with Crippen molar-refractivity contribution in [2.75, 3.05) is 11.1 Å². The summed E-state index contributed by atoms with van der Waals surface area (Å²) in [5.41, 5.74) is 4.10. The summed E-state index contributed by atoms with van der Waals surface area (Å²) < 4.78 is 37.5. The Balaban J connectivity index is 2.96. The molecule has 4 nitrogen and oxygen atoms in total. The Morgan fingerprint density at radius 3 is 2.26 bits per heavy atom. The molecule has 0 amide bonds. The standard InChI is InChI=1S/C12H19F3N4/c1-5-7(11(2,3)4)18-8-6-17-9(10(16)19-8)12(13,14)15/h6-7H,5H2,1-4H3,(H3,16,18,19). The van der Waals surface area contributed by atoms with Crippen LogP contribution < -0.4 is 11.1 Å². The quantitative estimate of drug-likeness (QED) is 0.889. The number of hydrogen-bond donors (Lipinski definition) is 2. The lowest BCUT2D eigenvalue weighted by molar-refractivity contribution is -0.140. The summed E-state index contributed by atoms with van der Waals surface area (Å²) in [4.78, 5) is 7.07. The van der Waals surface area contributed by atoms with Crippen molar-refractivity contribution >= 4 is 11.6 Å². The Hall–Kier alpha value is -1.53. The Bertz CT molecular complexity index is 438. The molecule has 1 aromatic heterocycles. The number of nitrogen functional groups attached to an aromatic ring is 1. The van der Waals surface area contributed by atoms with E-state index in [9.17, 15) is 13.2 Å². The molecule has 0 fully saturated rings. The Morgan fingerprint density at radius 2 is 1.89 bits per heavy atom. The monoisotopic (exact) mass is 276 g/mol. The van der Waals surface area contributed by atoms with E-state index in [0.717, 1.165) is 12.6 Å². The van der Waals surface area contributed by atoms with Gasteiger partial charge in [0, 0.05) is 6.04 Å². The molecule has 1 atom stereocenters. The van der Waals surface area contributed by atoms with Crippen LogP contribution in [0.2, 0.25) is 0 Å². The molecule has 1 aromatic rings. The maximum absolute atomic E-state index is 12.5. The second-order valence-electron chi connectivity index (χ2n) is 5.46. The van der Waals surface area contributed by atoms with Gasteiger partial charge in [0.15, 0.2) is 11.5 Å². The smallest absolute Gasteiger partial charge is 0.382 e. The van der Waals surface area contributed by atoms with Crippen molar-refractivity contribution in [3.63, 3.8) is 0 Å². The van der Waals surface area contributed by atoms with Gasteiger partial charge in [0.05, 0.1) is 6.20 Å². The number of anilines is 2. The fourth-order valence-corrected chi connectivity index (χ4v) is 1.80. The highest BCUT2D eigenvalue weighted by atomic mass is 19.4. The van der Waals surface area contributed by atoms with E-state index in [0.29, 0.717) is 0 Å². The molecule has 108 valence electrons. The van der Waals surface area contributed by atoms with Crippen molar-refractivity contribution in [2.45, 2.75) is 46.3 Å². The molecule has 0 saturated heterocycles. The number of alkyl halides is 3. The van der Waals surface area contributed by atoms with Crippen LogP contribution >= 0.6 is 0 Å². The average Bonchev–Trinajstić information content (AvgIpc) is 2.22. The van der Waals surface area contributed by atoms with E-state index in [1.54, 1.807) is 0 Å². The summed E-state index contributed by atoms with van der Waals surface area (Å²) in [6.45, 7) is 8.10. The van der Waals surface area contributed by atoms with E-state index in [-0.39, 0.29) is 17.3 Å². The highest BCUT2D eigenvalue weighted by Gasteiger charge is 2.36. The largest absolute Gasteiger partial charge is 0.437 e. The zero-order chi connectivity index (χ0) is 14.8. The van der Waals surface area contributed by atoms with Gasteiger partial charge in [0.2, 0.25) is 0 Å². The third-order valence-electron chi connectivity index (χ3n) is 2.84. The first kappa shape index (κ1) is 15.5. The van der Waals surface area contributed by atoms with Gasteiger partial charge >= 0.3 is 6.18 Å². The number of hydrogen-bond acceptors (Lipinski definition) is 4. The Kier molecular flexibility index (Phi) is 4.27. The first-order valence-corrected chi connectivity index (χ1v) is 6.02. The highest BCUT2D eigenvalue weighted by molar-refractivity contribution is 5.45. The van der Waals surface area contributed by atoms with Crippen molar-refractivity contribution in [1.29, 1.82) is 0 Å². The molecular weight excluding hydrogens is 257 g/mol. The molecule has 1 rings (SSSR count). The predicted molar refractivity (Wildman–Crippen MR) is 68.6 cm³/mol. The third-order valence-corrected chi connectivity index (χ3v) is 2.84. The van der Waals surface area contributed by atoms with Gasteiger partial charge in [-0.25, -0.2) is 9.97 Å². The zero-order valence-electron chi connectivity index (χ0n) is 11.5. The minimum atomic E-state index is -4.58. The van der Waals surface area contributed by atoms with E-state index in [1.807, 2.05) is 27.7 Å². The number of rotatable bonds is 3. The van der Waals surface area contributed by atoms with Crippen LogP contribution in [0, 0.1) is 5.41 Å². The van der Waals surface area contributed by atoms with E-state index < -0.39 is 17.7 Å². The second kappa shape index (κ2) is 5.22. The number of aromatic nitrogens is 2. The lowest BCUT2D eigenvalue weighted by Crippen LogP contribution is -2.33. The zero-order valence-corrected chi connectivity index (χ0v) is 11.5. The first-order chi connectivity index (χ1) is 8.55. The molecule has 0 spiro atoms. The number of halogens is 3. The molecule has 0 saturated carbocycles. The van der Waals surface area contributed by atoms with Crippen LogP contribution in [-0.4, -0.2) is 16.0 Å². The minimum Gasteiger partial charge on any atom is -0.382 e. The van der Waals surface area contributed by atoms with Gasteiger partial charge in [0.25, 0.3) is 0 Å². The van der Waals surface area contributed by atoms with Crippen LogP contribution in [-0.2, 0) is 6.18 Å². The summed E-state index contributed by atoms with van der Waals surface area (Å²) in [7, 11) is 0. The maximum atomic E-state index is 12.5. The summed E-state index contributed by atoms with van der Waals surface area (Å²) >= 11 is 0. The van der Waals surface area contributed by atoms with Crippen molar-refractivity contribution in [2.24, 2.45) is 5.41 Å². The van der Waals surface area contributed by atoms with E-state index in [4.69, 9.17) is 5.73 Å². The minimum absolute atomic E-state index is 0.0477. The van der Waals surface area contributed by atoms with Crippen LogP contribution in [0.5, 0.6) is 0 Å². The predicted octanol–water partition coefficient (Wildman–Crippen LogP) is 3.31. The SMILES string of the molecule is CCC(Nc1cnc(C(F)(F)F)c(N)n1)C(C)(C)C. The molecule has 0 aliphatic carbocycles. The molecule has 7 heteroatoms. The van der Waals surface area contributed by atoms with Gasteiger partial charge in [-0.2, -0.15) is 13.2 Å². The Labute approximate surface area is 110 Å². The summed E-state index contributed by atoms with van der Waals surface area (Å²) in [6.07, 6.45) is -2.70. The van der Waals surface area contributed by atoms with Gasteiger partial charge in [-0.1, -0.05) is 27.7 Å². The average molecular weight is 276 g/mol. The topological polar surface area (TPSA) is 63.8 Å². The van der Waals surface area contributed by atoms with Crippen LogP contribution in [0.15, 0.2) is 6.20 Å².